The molecule has 1 rings (SSSR count). The fourth-order valence-corrected chi connectivity index (χ4v) is 2.12. The molecule has 94 valence electrons. The maximum Gasteiger partial charge on any atom is 0.328 e. The van der Waals surface area contributed by atoms with Gasteiger partial charge in [-0.3, -0.25) is 0 Å². The quantitative estimate of drug-likeness (QED) is 0.633. The van der Waals surface area contributed by atoms with Crippen LogP contribution in [0.25, 0.3) is 0 Å². The summed E-state index contributed by atoms with van der Waals surface area (Å²) in [6.07, 6.45) is 2.88. The van der Waals surface area contributed by atoms with Crippen LogP contribution in [-0.2, 0) is 9.53 Å². The van der Waals surface area contributed by atoms with Gasteiger partial charge in [-0.1, -0.05) is 25.8 Å². The van der Waals surface area contributed by atoms with Crippen molar-refractivity contribution in [2.45, 2.75) is 32.2 Å². The van der Waals surface area contributed by atoms with Gasteiger partial charge in [-0.15, -0.1) is 0 Å². The van der Waals surface area contributed by atoms with Gasteiger partial charge in [0.25, 0.3) is 0 Å². The zero-order chi connectivity index (χ0) is 12.7. The van der Waals surface area contributed by atoms with Gasteiger partial charge < -0.3 is 10.1 Å². The summed E-state index contributed by atoms with van der Waals surface area (Å²) in [5.41, 5.74) is 0.961. The Morgan fingerprint density at radius 1 is 1.53 bits per heavy atom. The minimum atomic E-state index is -0.252. The standard InChI is InChI=1S/C13H18INO2/c1-3-4-8-12(13(16)17-2)15-11-7-5-6-10(14)9-11/h5-7,9,12,15H,3-4,8H2,1-2H3. The van der Waals surface area contributed by atoms with Crippen molar-refractivity contribution >= 4 is 34.2 Å². The highest BCUT2D eigenvalue weighted by Gasteiger charge is 2.17. The van der Waals surface area contributed by atoms with Crippen molar-refractivity contribution in [2.24, 2.45) is 0 Å². The molecule has 17 heavy (non-hydrogen) atoms. The molecule has 1 unspecified atom stereocenters. The number of unbranched alkanes of at least 4 members (excludes halogenated alkanes) is 1. The summed E-state index contributed by atoms with van der Waals surface area (Å²) in [4.78, 5) is 11.6. The molecule has 0 saturated heterocycles. The summed E-state index contributed by atoms with van der Waals surface area (Å²) < 4.78 is 5.95. The lowest BCUT2D eigenvalue weighted by atomic mass is 10.1. The molecule has 0 spiro atoms. The Labute approximate surface area is 116 Å². The first-order chi connectivity index (χ1) is 8.17. The molecule has 0 aromatic heterocycles. The summed E-state index contributed by atoms with van der Waals surface area (Å²) in [5, 5.41) is 3.23. The Bertz CT molecular complexity index is 368. The molecule has 0 radical (unpaired) electrons. The Hall–Kier alpha value is -0.780. The lowest BCUT2D eigenvalue weighted by Gasteiger charge is -2.17. The molecule has 0 fully saturated rings. The lowest BCUT2D eigenvalue weighted by Crippen LogP contribution is -2.30. The van der Waals surface area contributed by atoms with Gasteiger partial charge in [-0.05, 0) is 47.2 Å². The summed E-state index contributed by atoms with van der Waals surface area (Å²) in [5.74, 6) is -0.197. The number of benzene rings is 1. The summed E-state index contributed by atoms with van der Waals surface area (Å²) in [6.45, 7) is 2.11. The molecule has 3 nitrogen and oxygen atoms in total. The van der Waals surface area contributed by atoms with E-state index in [2.05, 4.69) is 34.8 Å². The predicted molar refractivity (Wildman–Crippen MR) is 78.1 cm³/mol. The van der Waals surface area contributed by atoms with E-state index >= 15 is 0 Å². The number of halogens is 1. The van der Waals surface area contributed by atoms with Gasteiger partial charge in [0.2, 0.25) is 0 Å². The molecule has 0 heterocycles. The van der Waals surface area contributed by atoms with Crippen molar-refractivity contribution in [3.05, 3.63) is 27.8 Å². The van der Waals surface area contributed by atoms with Crippen LogP contribution in [0.5, 0.6) is 0 Å². The van der Waals surface area contributed by atoms with Crippen LogP contribution in [0.1, 0.15) is 26.2 Å². The molecule has 0 aliphatic rings. The normalized spacial score (nSPS) is 11.9. The first-order valence-electron chi connectivity index (χ1n) is 5.77. The Kier molecular flexibility index (Phi) is 6.32. The molecule has 0 aliphatic heterocycles. The maximum absolute atomic E-state index is 11.6. The summed E-state index contributed by atoms with van der Waals surface area (Å²) in [6, 6.07) is 7.72. The zero-order valence-electron chi connectivity index (χ0n) is 10.2. The van der Waals surface area contributed by atoms with E-state index in [9.17, 15) is 4.79 Å². The molecular formula is C13H18INO2. The predicted octanol–water partition coefficient (Wildman–Crippen LogP) is 3.43. The molecule has 1 N–H and O–H groups in total. The third-order valence-electron chi connectivity index (χ3n) is 2.50. The van der Waals surface area contributed by atoms with E-state index in [1.807, 2.05) is 24.3 Å². The largest absolute Gasteiger partial charge is 0.467 e. The van der Waals surface area contributed by atoms with Crippen molar-refractivity contribution in [3.63, 3.8) is 0 Å². The second kappa shape index (κ2) is 7.53. The number of methoxy groups -OCH3 is 1. The number of rotatable bonds is 6. The fraction of sp³-hybridized carbons (Fsp3) is 0.462. The SMILES string of the molecule is CCCCC(Nc1cccc(I)c1)C(=O)OC. The van der Waals surface area contributed by atoms with E-state index in [-0.39, 0.29) is 12.0 Å². The van der Waals surface area contributed by atoms with E-state index in [0.29, 0.717) is 0 Å². The number of esters is 1. The average Bonchev–Trinajstić information content (AvgIpc) is 2.33. The molecule has 0 bridgehead atoms. The first-order valence-corrected chi connectivity index (χ1v) is 6.85. The van der Waals surface area contributed by atoms with Gasteiger partial charge >= 0.3 is 5.97 Å². The van der Waals surface area contributed by atoms with E-state index in [4.69, 9.17) is 4.74 Å². The topological polar surface area (TPSA) is 38.3 Å². The van der Waals surface area contributed by atoms with E-state index in [1.165, 1.54) is 7.11 Å². The number of nitrogens with one attached hydrogen (secondary N) is 1. The second-order valence-electron chi connectivity index (χ2n) is 3.87. The van der Waals surface area contributed by atoms with Crippen LogP contribution in [0.4, 0.5) is 5.69 Å². The van der Waals surface area contributed by atoms with Gasteiger partial charge in [0.1, 0.15) is 6.04 Å². The first kappa shape index (κ1) is 14.3. The highest BCUT2D eigenvalue weighted by atomic mass is 127. The smallest absolute Gasteiger partial charge is 0.328 e. The van der Waals surface area contributed by atoms with Crippen LogP contribution in [0.15, 0.2) is 24.3 Å². The van der Waals surface area contributed by atoms with Gasteiger partial charge in [-0.2, -0.15) is 0 Å². The molecule has 1 aromatic carbocycles. The van der Waals surface area contributed by atoms with Crippen LogP contribution < -0.4 is 5.32 Å². The number of ether oxygens (including phenoxy) is 1. The van der Waals surface area contributed by atoms with Crippen LogP contribution in [-0.4, -0.2) is 19.1 Å². The van der Waals surface area contributed by atoms with Gasteiger partial charge in [0.05, 0.1) is 7.11 Å². The minimum absolute atomic E-state index is 0.197. The van der Waals surface area contributed by atoms with Crippen molar-refractivity contribution < 1.29 is 9.53 Å². The summed E-state index contributed by atoms with van der Waals surface area (Å²) in [7, 11) is 1.43. The molecule has 0 amide bonds. The van der Waals surface area contributed by atoms with E-state index in [1.54, 1.807) is 0 Å². The molecule has 1 aromatic rings. The molecular weight excluding hydrogens is 329 g/mol. The van der Waals surface area contributed by atoms with Crippen LogP contribution >= 0.6 is 22.6 Å². The van der Waals surface area contributed by atoms with Gasteiger partial charge in [0.15, 0.2) is 0 Å². The number of carbonyl (C=O) groups is 1. The number of carbonyl (C=O) groups excluding carboxylic acids is 1. The molecule has 1 atom stereocenters. The fourth-order valence-electron chi connectivity index (χ4n) is 1.58. The lowest BCUT2D eigenvalue weighted by molar-refractivity contribution is -0.141. The Morgan fingerprint density at radius 3 is 2.88 bits per heavy atom. The highest BCUT2D eigenvalue weighted by molar-refractivity contribution is 14.1. The third kappa shape index (κ3) is 4.93. The highest BCUT2D eigenvalue weighted by Crippen LogP contribution is 2.15. The van der Waals surface area contributed by atoms with Gasteiger partial charge in [-0.25, -0.2) is 4.79 Å². The molecule has 4 heteroatoms. The van der Waals surface area contributed by atoms with Crippen LogP contribution in [0, 0.1) is 3.57 Å². The Morgan fingerprint density at radius 2 is 2.29 bits per heavy atom. The number of hydrogen-bond acceptors (Lipinski definition) is 3. The summed E-state index contributed by atoms with van der Waals surface area (Å²) >= 11 is 2.25. The van der Waals surface area contributed by atoms with Crippen LogP contribution in [0.3, 0.4) is 0 Å². The number of anilines is 1. The Balaban J connectivity index is 2.68. The van der Waals surface area contributed by atoms with E-state index in [0.717, 1.165) is 28.5 Å². The minimum Gasteiger partial charge on any atom is -0.467 e. The second-order valence-corrected chi connectivity index (χ2v) is 5.12. The van der Waals surface area contributed by atoms with E-state index < -0.39 is 0 Å². The van der Waals surface area contributed by atoms with Crippen molar-refractivity contribution in [2.75, 3.05) is 12.4 Å². The third-order valence-corrected chi connectivity index (χ3v) is 3.17. The van der Waals surface area contributed by atoms with Crippen molar-refractivity contribution in [1.82, 2.24) is 0 Å². The average molecular weight is 347 g/mol. The van der Waals surface area contributed by atoms with Crippen molar-refractivity contribution in [3.8, 4) is 0 Å². The van der Waals surface area contributed by atoms with Crippen molar-refractivity contribution in [1.29, 1.82) is 0 Å². The molecule has 0 aliphatic carbocycles. The zero-order valence-corrected chi connectivity index (χ0v) is 12.4. The molecule has 0 saturated carbocycles. The van der Waals surface area contributed by atoms with Crippen LogP contribution in [0.2, 0.25) is 0 Å². The maximum atomic E-state index is 11.6. The monoisotopic (exact) mass is 347 g/mol. The van der Waals surface area contributed by atoms with Gasteiger partial charge in [0, 0.05) is 9.26 Å². The number of hydrogen-bond donors (Lipinski definition) is 1.